The zero-order chi connectivity index (χ0) is 19.3. The van der Waals surface area contributed by atoms with Crippen LogP contribution in [0.25, 0.3) is 0 Å². The maximum absolute atomic E-state index is 13.5. The van der Waals surface area contributed by atoms with Crippen molar-refractivity contribution in [2.45, 2.75) is 58.3 Å². The van der Waals surface area contributed by atoms with Crippen molar-refractivity contribution in [3.63, 3.8) is 0 Å². The van der Waals surface area contributed by atoms with Crippen LogP contribution in [0.1, 0.15) is 39.7 Å². The number of halogens is 2. The second kappa shape index (κ2) is 8.27. The molecule has 0 saturated heterocycles. The highest BCUT2D eigenvalue weighted by molar-refractivity contribution is 5.81. The summed E-state index contributed by atoms with van der Waals surface area (Å²) < 4.78 is 37.2. The summed E-state index contributed by atoms with van der Waals surface area (Å²) in [4.78, 5) is 25.3. The molecule has 0 spiro atoms. The SMILES string of the molecule is CN(C(=O)OC(C)(C)C)C(CC(C)(F)F)C(=O)OCc1ccccc1. The number of hydrogen-bond acceptors (Lipinski definition) is 4. The first-order valence-electron chi connectivity index (χ1n) is 7.93. The maximum Gasteiger partial charge on any atom is 0.410 e. The monoisotopic (exact) mass is 357 g/mol. The van der Waals surface area contributed by atoms with Gasteiger partial charge >= 0.3 is 12.1 Å². The van der Waals surface area contributed by atoms with E-state index in [2.05, 4.69) is 0 Å². The number of carbonyl (C=O) groups is 2. The van der Waals surface area contributed by atoms with Gasteiger partial charge in [-0.2, -0.15) is 0 Å². The van der Waals surface area contributed by atoms with Gasteiger partial charge in [-0.15, -0.1) is 0 Å². The van der Waals surface area contributed by atoms with Gasteiger partial charge in [0.1, 0.15) is 18.2 Å². The summed E-state index contributed by atoms with van der Waals surface area (Å²) in [5.41, 5.74) is -0.0868. The smallest absolute Gasteiger partial charge is 0.410 e. The molecule has 1 aromatic rings. The molecule has 25 heavy (non-hydrogen) atoms. The number of alkyl halides is 2. The van der Waals surface area contributed by atoms with E-state index in [1.54, 1.807) is 45.0 Å². The van der Waals surface area contributed by atoms with Crippen molar-refractivity contribution in [2.75, 3.05) is 7.05 Å². The Hall–Kier alpha value is -2.18. The molecule has 0 aromatic heterocycles. The Kier molecular flexibility index (Phi) is 6.90. The Bertz CT molecular complexity index is 579. The van der Waals surface area contributed by atoms with Crippen molar-refractivity contribution in [2.24, 2.45) is 0 Å². The standard InChI is InChI=1S/C18H25F2NO4/c1-17(2,3)25-16(23)21(5)14(11-18(4,19)20)15(22)24-12-13-9-7-6-8-10-13/h6-10,14H,11-12H2,1-5H3. The van der Waals surface area contributed by atoms with Gasteiger partial charge in [0.15, 0.2) is 0 Å². The second-order valence-corrected chi connectivity index (χ2v) is 6.97. The molecular weight excluding hydrogens is 332 g/mol. The van der Waals surface area contributed by atoms with E-state index in [1.807, 2.05) is 6.07 Å². The normalized spacial score (nSPS) is 13.1. The summed E-state index contributed by atoms with van der Waals surface area (Å²) in [6, 6.07) is 7.39. The van der Waals surface area contributed by atoms with Crippen molar-refractivity contribution >= 4 is 12.1 Å². The molecule has 0 fully saturated rings. The van der Waals surface area contributed by atoms with E-state index in [0.29, 0.717) is 6.92 Å². The van der Waals surface area contributed by atoms with Crippen LogP contribution in [0.5, 0.6) is 0 Å². The van der Waals surface area contributed by atoms with E-state index in [0.717, 1.165) is 10.5 Å². The largest absolute Gasteiger partial charge is 0.459 e. The van der Waals surface area contributed by atoms with E-state index in [-0.39, 0.29) is 6.61 Å². The quantitative estimate of drug-likeness (QED) is 0.722. The number of esters is 1. The number of likely N-dealkylation sites (N-methyl/N-ethyl adjacent to an activating group) is 1. The van der Waals surface area contributed by atoms with Gasteiger partial charge in [-0.05, 0) is 33.3 Å². The minimum absolute atomic E-state index is 0.0619. The third-order valence-corrected chi connectivity index (χ3v) is 3.20. The molecule has 0 saturated carbocycles. The maximum atomic E-state index is 13.5. The molecule has 0 aliphatic rings. The van der Waals surface area contributed by atoms with E-state index in [1.165, 1.54) is 7.05 Å². The first kappa shape index (κ1) is 20.9. The lowest BCUT2D eigenvalue weighted by atomic mass is 10.1. The minimum Gasteiger partial charge on any atom is -0.459 e. The lowest BCUT2D eigenvalue weighted by Gasteiger charge is -2.30. The zero-order valence-corrected chi connectivity index (χ0v) is 15.2. The summed E-state index contributed by atoms with van der Waals surface area (Å²) in [6.07, 6.45) is -1.71. The molecule has 0 aliphatic heterocycles. The molecule has 7 heteroatoms. The molecule has 0 heterocycles. The predicted octanol–water partition coefficient (Wildman–Crippen LogP) is 4.01. The van der Waals surface area contributed by atoms with Crippen LogP contribution in [-0.2, 0) is 20.9 Å². The fourth-order valence-electron chi connectivity index (χ4n) is 2.00. The molecule has 1 unspecified atom stereocenters. The Morgan fingerprint density at radius 3 is 2.16 bits per heavy atom. The Balaban J connectivity index is 2.84. The Morgan fingerprint density at radius 1 is 1.12 bits per heavy atom. The van der Waals surface area contributed by atoms with Crippen LogP contribution in [0, 0.1) is 0 Å². The summed E-state index contributed by atoms with van der Waals surface area (Å²) in [7, 11) is 1.24. The van der Waals surface area contributed by atoms with Gasteiger partial charge in [-0.25, -0.2) is 18.4 Å². The molecule has 1 rings (SSSR count). The first-order valence-corrected chi connectivity index (χ1v) is 7.93. The highest BCUT2D eigenvalue weighted by atomic mass is 19.3. The number of hydrogen-bond donors (Lipinski definition) is 0. The molecular formula is C18H25F2NO4. The van der Waals surface area contributed by atoms with Gasteiger partial charge in [-0.3, -0.25) is 4.90 Å². The number of carbonyl (C=O) groups excluding carboxylic acids is 2. The molecule has 1 aromatic carbocycles. The molecule has 0 radical (unpaired) electrons. The van der Waals surface area contributed by atoms with Crippen molar-refractivity contribution < 1.29 is 27.8 Å². The van der Waals surface area contributed by atoms with Crippen molar-refractivity contribution in [1.29, 1.82) is 0 Å². The van der Waals surface area contributed by atoms with Crippen LogP contribution in [-0.4, -0.2) is 41.6 Å². The van der Waals surface area contributed by atoms with Crippen LogP contribution < -0.4 is 0 Å². The van der Waals surface area contributed by atoms with E-state index in [4.69, 9.17) is 9.47 Å². The zero-order valence-electron chi connectivity index (χ0n) is 15.2. The number of amides is 1. The lowest BCUT2D eigenvalue weighted by Crippen LogP contribution is -2.47. The van der Waals surface area contributed by atoms with Crippen LogP contribution >= 0.6 is 0 Å². The second-order valence-electron chi connectivity index (χ2n) is 6.97. The van der Waals surface area contributed by atoms with Gasteiger partial charge in [0.25, 0.3) is 0 Å². The topological polar surface area (TPSA) is 55.8 Å². The lowest BCUT2D eigenvalue weighted by molar-refractivity contribution is -0.154. The van der Waals surface area contributed by atoms with Gasteiger partial charge in [-0.1, -0.05) is 30.3 Å². The molecule has 1 atom stereocenters. The number of benzene rings is 1. The minimum atomic E-state index is -3.15. The van der Waals surface area contributed by atoms with E-state index < -0.39 is 36.0 Å². The van der Waals surface area contributed by atoms with E-state index >= 15 is 0 Å². The highest BCUT2D eigenvalue weighted by Gasteiger charge is 2.38. The Labute approximate surface area is 146 Å². The van der Waals surface area contributed by atoms with Crippen molar-refractivity contribution in [3.8, 4) is 0 Å². The van der Waals surface area contributed by atoms with Gasteiger partial charge in [0.05, 0.1) is 0 Å². The summed E-state index contributed by atoms with van der Waals surface area (Å²) >= 11 is 0. The van der Waals surface area contributed by atoms with Crippen LogP contribution in [0.3, 0.4) is 0 Å². The summed E-state index contributed by atoms with van der Waals surface area (Å²) in [5, 5.41) is 0. The molecule has 1 amide bonds. The van der Waals surface area contributed by atoms with Crippen LogP contribution in [0.15, 0.2) is 30.3 Å². The average molecular weight is 357 g/mol. The fourth-order valence-corrected chi connectivity index (χ4v) is 2.00. The Morgan fingerprint density at radius 2 is 1.68 bits per heavy atom. The molecule has 0 aliphatic carbocycles. The van der Waals surface area contributed by atoms with Gasteiger partial charge in [0.2, 0.25) is 5.92 Å². The molecule has 0 bridgehead atoms. The van der Waals surface area contributed by atoms with Crippen LogP contribution in [0.2, 0.25) is 0 Å². The third-order valence-electron chi connectivity index (χ3n) is 3.20. The van der Waals surface area contributed by atoms with Crippen molar-refractivity contribution in [1.82, 2.24) is 4.90 Å². The van der Waals surface area contributed by atoms with Gasteiger partial charge in [0, 0.05) is 13.5 Å². The van der Waals surface area contributed by atoms with Crippen molar-refractivity contribution in [3.05, 3.63) is 35.9 Å². The number of ether oxygens (including phenoxy) is 2. The molecule has 0 N–H and O–H groups in total. The number of nitrogens with zero attached hydrogens (tertiary/aromatic N) is 1. The number of rotatable bonds is 6. The molecule has 140 valence electrons. The molecule has 5 nitrogen and oxygen atoms in total. The van der Waals surface area contributed by atoms with Crippen LogP contribution in [0.4, 0.5) is 13.6 Å². The average Bonchev–Trinajstić information content (AvgIpc) is 2.48. The summed E-state index contributed by atoms with van der Waals surface area (Å²) in [6.45, 7) is 5.57. The summed E-state index contributed by atoms with van der Waals surface area (Å²) in [5.74, 6) is -4.05. The van der Waals surface area contributed by atoms with Gasteiger partial charge < -0.3 is 9.47 Å². The predicted molar refractivity (Wildman–Crippen MR) is 89.3 cm³/mol. The fraction of sp³-hybridized carbons (Fsp3) is 0.556. The third kappa shape index (κ3) is 7.96. The van der Waals surface area contributed by atoms with E-state index in [9.17, 15) is 18.4 Å². The highest BCUT2D eigenvalue weighted by Crippen LogP contribution is 2.24. The first-order chi connectivity index (χ1) is 11.4.